The molecular weight excluding hydrogens is 505 g/mol. The van der Waals surface area contributed by atoms with Crippen LogP contribution in [0.4, 0.5) is 10.5 Å². The highest BCUT2D eigenvalue weighted by molar-refractivity contribution is 7.98. The van der Waals surface area contributed by atoms with E-state index < -0.39 is 6.04 Å². The quantitative estimate of drug-likeness (QED) is 0.247. The number of urea groups is 1. The molecule has 2 N–H and O–H groups in total. The van der Waals surface area contributed by atoms with Gasteiger partial charge in [0.05, 0.1) is 23.9 Å². The number of ether oxygens (including phenoxy) is 1. The second kappa shape index (κ2) is 11.5. The highest BCUT2D eigenvalue weighted by Gasteiger charge is 2.22. The first-order valence-electron chi connectivity index (χ1n) is 10.7. The first-order chi connectivity index (χ1) is 16.9. The van der Waals surface area contributed by atoms with Crippen molar-refractivity contribution in [3.05, 3.63) is 94.2 Å². The summed E-state index contributed by atoms with van der Waals surface area (Å²) in [5.74, 6) is 1.88. The molecule has 0 radical (unpaired) electrons. The van der Waals surface area contributed by atoms with Gasteiger partial charge in [-0.3, -0.25) is 4.57 Å². The number of halogens is 2. The average Bonchev–Trinajstić information content (AvgIpc) is 3.27. The molecule has 0 fully saturated rings. The standard InChI is InChI=1S/C25H23Cl2N5O2S/c1-16(28-24(33)29-19-9-6-10-20(14-19)34-2)23-30-31-25(35-15-17-7-4-3-5-8-17)32(23)22-12-11-18(26)13-21(22)27/h3-14,16H,15H2,1-2H3,(H2,28,29,33). The summed E-state index contributed by atoms with van der Waals surface area (Å²) < 4.78 is 7.06. The fraction of sp³-hybridized carbons (Fsp3) is 0.160. The van der Waals surface area contributed by atoms with Crippen molar-refractivity contribution >= 4 is 46.7 Å². The number of aromatic nitrogens is 3. The summed E-state index contributed by atoms with van der Waals surface area (Å²) in [6.07, 6.45) is 0. The van der Waals surface area contributed by atoms with Gasteiger partial charge in [0.2, 0.25) is 0 Å². The molecule has 0 bridgehead atoms. The van der Waals surface area contributed by atoms with Gasteiger partial charge in [-0.25, -0.2) is 4.79 Å². The van der Waals surface area contributed by atoms with Crippen LogP contribution in [0.2, 0.25) is 10.0 Å². The monoisotopic (exact) mass is 527 g/mol. The number of hydrogen-bond donors (Lipinski definition) is 2. The number of methoxy groups -OCH3 is 1. The summed E-state index contributed by atoms with van der Waals surface area (Å²) in [6, 6.07) is 21.6. The number of amides is 2. The van der Waals surface area contributed by atoms with Gasteiger partial charge in [-0.05, 0) is 42.8 Å². The average molecular weight is 528 g/mol. The molecule has 0 aliphatic heterocycles. The minimum absolute atomic E-state index is 0.388. The highest BCUT2D eigenvalue weighted by atomic mass is 35.5. The lowest BCUT2D eigenvalue weighted by Crippen LogP contribution is -2.32. The number of benzene rings is 3. The summed E-state index contributed by atoms with van der Waals surface area (Å²) in [5.41, 5.74) is 2.43. The number of hydrogen-bond acceptors (Lipinski definition) is 5. The van der Waals surface area contributed by atoms with Crippen LogP contribution in [0, 0.1) is 0 Å². The predicted molar refractivity (Wildman–Crippen MR) is 141 cm³/mol. The van der Waals surface area contributed by atoms with Gasteiger partial charge in [-0.2, -0.15) is 0 Å². The first kappa shape index (κ1) is 24.9. The Balaban J connectivity index is 1.59. The maximum atomic E-state index is 12.7. The summed E-state index contributed by atoms with van der Waals surface area (Å²) in [5, 5.41) is 16.2. The molecule has 4 rings (SSSR count). The molecule has 4 aromatic rings. The molecule has 0 saturated heterocycles. The zero-order chi connectivity index (χ0) is 24.8. The van der Waals surface area contributed by atoms with Crippen LogP contribution in [0.25, 0.3) is 5.69 Å². The van der Waals surface area contributed by atoms with Crippen molar-refractivity contribution in [3.8, 4) is 11.4 Å². The van der Waals surface area contributed by atoms with Crippen molar-refractivity contribution in [1.82, 2.24) is 20.1 Å². The lowest BCUT2D eigenvalue weighted by Gasteiger charge is -2.18. The van der Waals surface area contributed by atoms with Crippen LogP contribution in [0.3, 0.4) is 0 Å². The van der Waals surface area contributed by atoms with Crippen LogP contribution in [-0.4, -0.2) is 27.9 Å². The Kier molecular flexibility index (Phi) is 8.17. The van der Waals surface area contributed by atoms with E-state index in [2.05, 4.69) is 33.0 Å². The summed E-state index contributed by atoms with van der Waals surface area (Å²) in [6.45, 7) is 1.83. The van der Waals surface area contributed by atoms with Gasteiger partial charge in [-0.15, -0.1) is 10.2 Å². The minimum Gasteiger partial charge on any atom is -0.497 e. The van der Waals surface area contributed by atoms with Gasteiger partial charge in [0, 0.05) is 22.5 Å². The van der Waals surface area contributed by atoms with Crippen LogP contribution in [0.1, 0.15) is 24.4 Å². The Hall–Kier alpha value is -3.20. The van der Waals surface area contributed by atoms with Gasteiger partial charge in [-0.1, -0.05) is 71.4 Å². The second-order valence-electron chi connectivity index (χ2n) is 7.60. The normalized spacial score (nSPS) is 11.7. The van der Waals surface area contributed by atoms with Crippen molar-refractivity contribution in [3.63, 3.8) is 0 Å². The molecule has 0 spiro atoms. The zero-order valence-corrected chi connectivity index (χ0v) is 21.4. The minimum atomic E-state index is -0.481. The van der Waals surface area contributed by atoms with Crippen LogP contribution in [0.15, 0.2) is 78.0 Å². The highest BCUT2D eigenvalue weighted by Crippen LogP contribution is 2.32. The number of nitrogens with one attached hydrogen (secondary N) is 2. The molecule has 10 heteroatoms. The number of carbonyl (C=O) groups excluding carboxylic acids is 1. The topological polar surface area (TPSA) is 81.1 Å². The smallest absolute Gasteiger partial charge is 0.319 e. The van der Waals surface area contributed by atoms with Crippen molar-refractivity contribution in [2.75, 3.05) is 12.4 Å². The SMILES string of the molecule is COc1cccc(NC(=O)NC(C)c2nnc(SCc3ccccc3)n2-c2ccc(Cl)cc2Cl)c1. The largest absolute Gasteiger partial charge is 0.497 e. The Bertz CT molecular complexity index is 1320. The van der Waals surface area contributed by atoms with E-state index in [1.54, 1.807) is 43.5 Å². The Morgan fingerprint density at radius 1 is 1.06 bits per heavy atom. The van der Waals surface area contributed by atoms with E-state index in [1.807, 2.05) is 35.8 Å². The van der Waals surface area contributed by atoms with Gasteiger partial charge in [0.15, 0.2) is 11.0 Å². The van der Waals surface area contributed by atoms with E-state index in [9.17, 15) is 4.79 Å². The molecule has 1 aromatic heterocycles. The molecule has 1 heterocycles. The van der Waals surface area contributed by atoms with Crippen molar-refractivity contribution in [1.29, 1.82) is 0 Å². The first-order valence-corrected chi connectivity index (χ1v) is 12.5. The second-order valence-corrected chi connectivity index (χ2v) is 9.38. The third-order valence-electron chi connectivity index (χ3n) is 5.08. The number of anilines is 1. The van der Waals surface area contributed by atoms with Crippen molar-refractivity contribution < 1.29 is 9.53 Å². The molecule has 3 aromatic carbocycles. The van der Waals surface area contributed by atoms with Gasteiger partial charge in [0.1, 0.15) is 5.75 Å². The summed E-state index contributed by atoms with van der Waals surface area (Å²) >= 11 is 14.2. The van der Waals surface area contributed by atoms with Gasteiger partial charge in [0.25, 0.3) is 0 Å². The van der Waals surface area contributed by atoms with Crippen molar-refractivity contribution in [2.45, 2.75) is 23.9 Å². The van der Waals surface area contributed by atoms with Crippen molar-refractivity contribution in [2.24, 2.45) is 0 Å². The van der Waals surface area contributed by atoms with Crippen LogP contribution < -0.4 is 15.4 Å². The third kappa shape index (κ3) is 6.28. The molecule has 1 atom stereocenters. The number of thioether (sulfide) groups is 1. The molecule has 1 unspecified atom stereocenters. The molecule has 0 aliphatic rings. The molecule has 35 heavy (non-hydrogen) atoms. The van der Waals surface area contributed by atoms with E-state index in [4.69, 9.17) is 27.9 Å². The molecule has 0 saturated carbocycles. The van der Waals surface area contributed by atoms with E-state index in [1.165, 1.54) is 11.8 Å². The van der Waals surface area contributed by atoms with Gasteiger partial charge < -0.3 is 15.4 Å². The third-order valence-corrected chi connectivity index (χ3v) is 6.62. The lowest BCUT2D eigenvalue weighted by atomic mass is 10.2. The Morgan fingerprint density at radius 3 is 2.60 bits per heavy atom. The maximum Gasteiger partial charge on any atom is 0.319 e. The van der Waals surface area contributed by atoms with E-state index in [0.29, 0.717) is 43.9 Å². The fourth-order valence-corrected chi connectivity index (χ4v) is 4.80. The van der Waals surface area contributed by atoms with Gasteiger partial charge >= 0.3 is 6.03 Å². The lowest BCUT2D eigenvalue weighted by molar-refractivity contribution is 0.249. The van der Waals surface area contributed by atoms with Crippen LogP contribution in [-0.2, 0) is 5.75 Å². The molecular formula is C25H23Cl2N5O2S. The van der Waals surface area contributed by atoms with Crippen LogP contribution in [0.5, 0.6) is 5.75 Å². The molecule has 2 amide bonds. The molecule has 0 aliphatic carbocycles. The summed E-state index contributed by atoms with van der Waals surface area (Å²) in [4.78, 5) is 12.7. The number of rotatable bonds is 8. The van der Waals surface area contributed by atoms with Crippen LogP contribution >= 0.6 is 35.0 Å². The summed E-state index contributed by atoms with van der Waals surface area (Å²) in [7, 11) is 1.57. The number of nitrogens with zero attached hydrogens (tertiary/aromatic N) is 3. The van der Waals surface area contributed by atoms with E-state index >= 15 is 0 Å². The zero-order valence-electron chi connectivity index (χ0n) is 19.0. The number of carbonyl (C=O) groups is 1. The molecule has 180 valence electrons. The Morgan fingerprint density at radius 2 is 1.86 bits per heavy atom. The van der Waals surface area contributed by atoms with E-state index in [0.717, 1.165) is 5.56 Å². The molecule has 7 nitrogen and oxygen atoms in total. The van der Waals surface area contributed by atoms with E-state index in [-0.39, 0.29) is 6.03 Å². The predicted octanol–water partition coefficient (Wildman–Crippen LogP) is 6.76. The fourth-order valence-electron chi connectivity index (χ4n) is 3.40. The Labute approximate surface area is 217 Å². The maximum absolute atomic E-state index is 12.7.